The topological polar surface area (TPSA) is 26.0 Å². The van der Waals surface area contributed by atoms with E-state index in [4.69, 9.17) is 5.73 Å². The largest absolute Gasteiger partial charge is 0.327 e. The Kier molecular flexibility index (Phi) is 1.69. The molecule has 0 bridgehead atoms. The minimum Gasteiger partial charge on any atom is -0.327 e. The van der Waals surface area contributed by atoms with E-state index in [0.717, 1.165) is 11.8 Å². The quantitative estimate of drug-likeness (QED) is 0.590. The van der Waals surface area contributed by atoms with Gasteiger partial charge in [-0.25, -0.2) is 0 Å². The fraction of sp³-hybridized carbons (Fsp3) is 1.00. The molecule has 2 atom stereocenters. The zero-order chi connectivity index (χ0) is 6.97. The molecule has 10 heavy (non-hydrogen) atoms. The zero-order valence-corrected chi connectivity index (χ0v) is 6.55. The van der Waals surface area contributed by atoms with Crippen molar-refractivity contribution in [3.05, 3.63) is 0 Å². The van der Waals surface area contributed by atoms with E-state index in [9.17, 15) is 0 Å². The Morgan fingerprint density at radius 2 is 1.60 bits per heavy atom. The molecule has 2 aliphatic carbocycles. The monoisotopic (exact) mass is 139 g/mol. The predicted octanol–water partition coefficient (Wildman–Crippen LogP) is 1.91. The fourth-order valence-electron chi connectivity index (χ4n) is 2.30. The summed E-state index contributed by atoms with van der Waals surface area (Å²) in [6, 6.07) is 0.557. The molecule has 0 spiro atoms. The van der Waals surface area contributed by atoms with Crippen LogP contribution in [0.15, 0.2) is 0 Å². The number of hydrogen-bond donors (Lipinski definition) is 1. The Morgan fingerprint density at radius 1 is 0.900 bits per heavy atom. The van der Waals surface area contributed by atoms with Crippen molar-refractivity contribution < 1.29 is 0 Å². The number of rotatable bonds is 1. The van der Waals surface area contributed by atoms with Crippen LogP contribution >= 0.6 is 0 Å². The van der Waals surface area contributed by atoms with Gasteiger partial charge in [-0.05, 0) is 37.5 Å². The fourth-order valence-corrected chi connectivity index (χ4v) is 2.30. The van der Waals surface area contributed by atoms with Crippen molar-refractivity contribution in [2.75, 3.05) is 0 Å². The lowest BCUT2D eigenvalue weighted by atomic mass is 9.82. The van der Waals surface area contributed by atoms with Gasteiger partial charge in [0.2, 0.25) is 0 Å². The maximum atomic E-state index is 6.02. The molecule has 0 heterocycles. The third-order valence-electron chi connectivity index (χ3n) is 3.10. The van der Waals surface area contributed by atoms with Crippen molar-refractivity contribution in [1.29, 1.82) is 0 Å². The molecule has 0 radical (unpaired) electrons. The van der Waals surface area contributed by atoms with Gasteiger partial charge in [-0.1, -0.05) is 12.8 Å². The molecule has 1 nitrogen and oxygen atoms in total. The molecule has 1 heteroatoms. The maximum Gasteiger partial charge on any atom is 0.00698 e. The van der Waals surface area contributed by atoms with Crippen molar-refractivity contribution in [2.24, 2.45) is 17.6 Å². The van der Waals surface area contributed by atoms with Crippen LogP contribution < -0.4 is 5.73 Å². The van der Waals surface area contributed by atoms with E-state index in [1.54, 1.807) is 0 Å². The summed E-state index contributed by atoms with van der Waals surface area (Å²) in [6.07, 6.45) is 8.48. The van der Waals surface area contributed by atoms with E-state index in [1.807, 2.05) is 0 Å². The summed E-state index contributed by atoms with van der Waals surface area (Å²) < 4.78 is 0. The van der Waals surface area contributed by atoms with Crippen molar-refractivity contribution in [3.63, 3.8) is 0 Å². The molecule has 58 valence electrons. The van der Waals surface area contributed by atoms with E-state index >= 15 is 0 Å². The van der Waals surface area contributed by atoms with Gasteiger partial charge in [0.15, 0.2) is 0 Å². The van der Waals surface area contributed by atoms with E-state index < -0.39 is 0 Å². The zero-order valence-electron chi connectivity index (χ0n) is 6.55. The second-order valence-electron chi connectivity index (χ2n) is 3.95. The summed E-state index contributed by atoms with van der Waals surface area (Å²) in [7, 11) is 0. The van der Waals surface area contributed by atoms with Crippen LogP contribution in [0.5, 0.6) is 0 Å². The van der Waals surface area contributed by atoms with Crippen LogP contribution in [0, 0.1) is 11.8 Å². The Labute approximate surface area is 63.0 Å². The summed E-state index contributed by atoms with van der Waals surface area (Å²) in [5.41, 5.74) is 6.02. The average Bonchev–Trinajstić information content (AvgIpc) is 2.71. The molecule has 2 N–H and O–H groups in total. The molecule has 2 unspecified atom stereocenters. The van der Waals surface area contributed by atoms with Gasteiger partial charge in [0.05, 0.1) is 0 Å². The summed E-state index contributed by atoms with van der Waals surface area (Å²) in [5.74, 6) is 1.95. The highest BCUT2D eigenvalue weighted by Gasteiger charge is 2.35. The molecular formula is C9H17N. The minimum atomic E-state index is 0.557. The Hall–Kier alpha value is -0.0400. The molecule has 0 aromatic carbocycles. The van der Waals surface area contributed by atoms with Gasteiger partial charge < -0.3 is 5.73 Å². The summed E-state index contributed by atoms with van der Waals surface area (Å²) in [5, 5.41) is 0. The van der Waals surface area contributed by atoms with Crippen molar-refractivity contribution >= 4 is 0 Å². The van der Waals surface area contributed by atoms with Crippen LogP contribution in [-0.4, -0.2) is 6.04 Å². The van der Waals surface area contributed by atoms with Gasteiger partial charge >= 0.3 is 0 Å². The highest BCUT2D eigenvalue weighted by atomic mass is 14.7. The standard InChI is InChI=1S/C9H17N/c10-9-4-2-1-3-8(9)7-5-6-7/h7-9H,1-6,10H2. The molecule has 0 aromatic heterocycles. The number of nitrogens with two attached hydrogens (primary N) is 1. The summed E-state index contributed by atoms with van der Waals surface area (Å²) >= 11 is 0. The molecular weight excluding hydrogens is 122 g/mol. The van der Waals surface area contributed by atoms with E-state index in [0.29, 0.717) is 6.04 Å². The molecule has 2 saturated carbocycles. The lowest BCUT2D eigenvalue weighted by Crippen LogP contribution is -2.34. The second kappa shape index (κ2) is 2.54. The van der Waals surface area contributed by atoms with Crippen LogP contribution in [-0.2, 0) is 0 Å². The smallest absolute Gasteiger partial charge is 0.00698 e. The van der Waals surface area contributed by atoms with Gasteiger partial charge in [-0.3, -0.25) is 0 Å². The van der Waals surface area contributed by atoms with Gasteiger partial charge in [-0.2, -0.15) is 0 Å². The van der Waals surface area contributed by atoms with Crippen LogP contribution in [0.3, 0.4) is 0 Å². The van der Waals surface area contributed by atoms with Crippen molar-refractivity contribution in [1.82, 2.24) is 0 Å². The summed E-state index contributed by atoms with van der Waals surface area (Å²) in [6.45, 7) is 0. The predicted molar refractivity (Wildman–Crippen MR) is 42.7 cm³/mol. The van der Waals surface area contributed by atoms with Crippen molar-refractivity contribution in [2.45, 2.75) is 44.6 Å². The Morgan fingerprint density at radius 3 is 2.20 bits per heavy atom. The van der Waals surface area contributed by atoms with Gasteiger partial charge in [-0.15, -0.1) is 0 Å². The van der Waals surface area contributed by atoms with Crippen molar-refractivity contribution in [3.8, 4) is 0 Å². The summed E-state index contributed by atoms with van der Waals surface area (Å²) in [4.78, 5) is 0. The highest BCUT2D eigenvalue weighted by Crippen LogP contribution is 2.43. The van der Waals surface area contributed by atoms with E-state index in [1.165, 1.54) is 38.5 Å². The first-order valence-electron chi connectivity index (χ1n) is 4.63. The van der Waals surface area contributed by atoms with E-state index in [-0.39, 0.29) is 0 Å². The minimum absolute atomic E-state index is 0.557. The third kappa shape index (κ3) is 1.20. The Balaban J connectivity index is 1.90. The highest BCUT2D eigenvalue weighted by molar-refractivity contribution is 4.89. The molecule has 0 aliphatic heterocycles. The van der Waals surface area contributed by atoms with E-state index in [2.05, 4.69) is 0 Å². The first-order valence-corrected chi connectivity index (χ1v) is 4.63. The van der Waals surface area contributed by atoms with Crippen LogP contribution in [0.25, 0.3) is 0 Å². The average molecular weight is 139 g/mol. The number of hydrogen-bond acceptors (Lipinski definition) is 1. The first-order chi connectivity index (χ1) is 4.88. The molecule has 2 rings (SSSR count). The maximum absolute atomic E-state index is 6.02. The molecule has 0 saturated heterocycles. The van der Waals surface area contributed by atoms with Crippen LogP contribution in [0.1, 0.15) is 38.5 Å². The Bertz CT molecular complexity index is 118. The van der Waals surface area contributed by atoms with Crippen LogP contribution in [0.2, 0.25) is 0 Å². The molecule has 0 amide bonds. The van der Waals surface area contributed by atoms with Crippen LogP contribution in [0.4, 0.5) is 0 Å². The third-order valence-corrected chi connectivity index (χ3v) is 3.10. The second-order valence-corrected chi connectivity index (χ2v) is 3.95. The molecule has 2 fully saturated rings. The van der Waals surface area contributed by atoms with Gasteiger partial charge in [0.25, 0.3) is 0 Å². The van der Waals surface area contributed by atoms with Gasteiger partial charge in [0.1, 0.15) is 0 Å². The SMILES string of the molecule is NC1CCCCC1C1CC1. The normalized spacial score (nSPS) is 41.7. The lowest BCUT2D eigenvalue weighted by molar-refractivity contribution is 0.277. The molecule has 2 aliphatic rings. The van der Waals surface area contributed by atoms with Gasteiger partial charge in [0, 0.05) is 6.04 Å². The molecule has 0 aromatic rings. The first kappa shape index (κ1) is 6.66. The lowest BCUT2D eigenvalue weighted by Gasteiger charge is -2.28.